The number of unbranched alkanes of at least 4 members (excludes halogenated alkanes) is 2. The summed E-state index contributed by atoms with van der Waals surface area (Å²) >= 11 is 0. The molecule has 2 heterocycles. The van der Waals surface area contributed by atoms with Crippen LogP contribution in [0.25, 0.3) is 10.9 Å². The standard InChI is InChI=1S/C38H42F5N3O2/c1-2-44-23-20-30(21-24-44)45(22-7-3-4-9-27-14-17-29(18-15-27)38(41,42)43)36(48)26-46-31(19-16-28-10-8-12-33(39)37(28)40)25-35(47)32-11-5-6-13-34(32)46/h5-6,8,10-15,17-18,25,30H,2-4,7,9,16,19-24,26H2,1H3. The number of rotatable bonds is 13. The number of para-hydroxylation sites is 1. The number of halogens is 5. The molecular weight excluding hydrogens is 625 g/mol. The minimum absolute atomic E-state index is 0.00130. The Labute approximate surface area is 278 Å². The van der Waals surface area contributed by atoms with Gasteiger partial charge in [-0.3, -0.25) is 9.59 Å². The molecule has 0 atom stereocenters. The molecule has 5 nitrogen and oxygen atoms in total. The number of carbonyl (C=O) groups is 1. The van der Waals surface area contributed by atoms with Gasteiger partial charge in [0, 0.05) is 42.8 Å². The predicted octanol–water partition coefficient (Wildman–Crippen LogP) is 7.81. The number of aryl methyl sites for hydroxylation is 3. The normalized spacial score (nSPS) is 14.5. The first kappa shape index (κ1) is 35.3. The lowest BCUT2D eigenvalue weighted by Crippen LogP contribution is -2.48. The Bertz CT molecular complexity index is 1740. The number of alkyl halides is 3. The van der Waals surface area contributed by atoms with Gasteiger partial charge in [0.15, 0.2) is 17.1 Å². The third-order valence-electron chi connectivity index (χ3n) is 9.49. The highest BCUT2D eigenvalue weighted by atomic mass is 19.4. The van der Waals surface area contributed by atoms with Crippen LogP contribution in [0.2, 0.25) is 0 Å². The van der Waals surface area contributed by atoms with Gasteiger partial charge in [-0.25, -0.2) is 8.78 Å². The summed E-state index contributed by atoms with van der Waals surface area (Å²) in [6.07, 6.45) is 0.737. The van der Waals surface area contributed by atoms with Crippen LogP contribution in [0.1, 0.15) is 61.4 Å². The first-order valence-electron chi connectivity index (χ1n) is 16.8. The van der Waals surface area contributed by atoms with Gasteiger partial charge in [0.05, 0.1) is 11.1 Å². The van der Waals surface area contributed by atoms with Crippen molar-refractivity contribution in [3.8, 4) is 0 Å². The summed E-state index contributed by atoms with van der Waals surface area (Å²) in [4.78, 5) is 31.6. The highest BCUT2D eigenvalue weighted by molar-refractivity contribution is 5.83. The summed E-state index contributed by atoms with van der Waals surface area (Å²) in [7, 11) is 0. The van der Waals surface area contributed by atoms with Crippen molar-refractivity contribution in [2.75, 3.05) is 26.2 Å². The largest absolute Gasteiger partial charge is 0.416 e. The minimum atomic E-state index is -4.36. The number of carbonyl (C=O) groups excluding carboxylic acids is 1. The molecule has 1 aliphatic rings. The molecule has 0 saturated carbocycles. The smallest absolute Gasteiger partial charge is 0.338 e. The second-order valence-corrected chi connectivity index (χ2v) is 12.6. The van der Waals surface area contributed by atoms with E-state index in [2.05, 4.69) is 11.8 Å². The van der Waals surface area contributed by atoms with Crippen molar-refractivity contribution in [2.45, 2.75) is 77.1 Å². The summed E-state index contributed by atoms with van der Waals surface area (Å²) in [6, 6.07) is 18.0. The maximum absolute atomic E-state index is 14.5. The maximum Gasteiger partial charge on any atom is 0.416 e. The van der Waals surface area contributed by atoms with Crippen molar-refractivity contribution in [2.24, 2.45) is 0 Å². The lowest BCUT2D eigenvalue weighted by Gasteiger charge is -2.38. The molecule has 0 bridgehead atoms. The zero-order chi connectivity index (χ0) is 34.3. The molecule has 0 aliphatic carbocycles. The molecule has 4 aromatic rings. The Morgan fingerprint density at radius 1 is 0.875 bits per heavy atom. The molecule has 0 unspecified atom stereocenters. The Morgan fingerprint density at radius 2 is 1.60 bits per heavy atom. The summed E-state index contributed by atoms with van der Waals surface area (Å²) in [5.41, 5.74) is 1.39. The van der Waals surface area contributed by atoms with E-state index in [9.17, 15) is 31.5 Å². The Morgan fingerprint density at radius 3 is 2.31 bits per heavy atom. The van der Waals surface area contributed by atoms with E-state index >= 15 is 0 Å². The van der Waals surface area contributed by atoms with Gasteiger partial charge in [-0.1, -0.05) is 49.7 Å². The highest BCUT2D eigenvalue weighted by Crippen LogP contribution is 2.29. The number of piperidine rings is 1. The molecule has 3 aromatic carbocycles. The van der Waals surface area contributed by atoms with Crippen molar-refractivity contribution in [3.05, 3.63) is 117 Å². The van der Waals surface area contributed by atoms with Crippen LogP contribution in [-0.2, 0) is 36.8 Å². The predicted molar refractivity (Wildman–Crippen MR) is 178 cm³/mol. The van der Waals surface area contributed by atoms with Gasteiger partial charge < -0.3 is 14.4 Å². The molecule has 10 heteroatoms. The van der Waals surface area contributed by atoms with Crippen LogP contribution in [0.3, 0.4) is 0 Å². The average molecular weight is 668 g/mol. The second-order valence-electron chi connectivity index (χ2n) is 12.6. The number of hydrogen-bond acceptors (Lipinski definition) is 3. The zero-order valence-electron chi connectivity index (χ0n) is 27.2. The summed E-state index contributed by atoms with van der Waals surface area (Å²) in [6.45, 7) is 5.41. The van der Waals surface area contributed by atoms with E-state index in [0.29, 0.717) is 29.6 Å². The Balaban J connectivity index is 1.32. The number of hydrogen-bond donors (Lipinski definition) is 0. The number of nitrogens with zero attached hydrogens (tertiary/aromatic N) is 3. The lowest BCUT2D eigenvalue weighted by atomic mass is 10.0. The fourth-order valence-corrected chi connectivity index (χ4v) is 6.71. The highest BCUT2D eigenvalue weighted by Gasteiger charge is 2.30. The molecule has 0 radical (unpaired) electrons. The van der Waals surface area contributed by atoms with E-state index in [1.165, 1.54) is 30.3 Å². The number of pyridine rings is 1. The second kappa shape index (κ2) is 15.9. The van der Waals surface area contributed by atoms with Gasteiger partial charge in [0.1, 0.15) is 6.54 Å². The van der Waals surface area contributed by atoms with Crippen LogP contribution in [0.4, 0.5) is 22.0 Å². The monoisotopic (exact) mass is 667 g/mol. The summed E-state index contributed by atoms with van der Waals surface area (Å²) < 4.78 is 69.0. The van der Waals surface area contributed by atoms with Gasteiger partial charge in [0.25, 0.3) is 0 Å². The SMILES string of the molecule is CCN1CCC(N(CCCCCc2ccc(C(F)(F)F)cc2)C(=O)Cn2c(CCc3cccc(F)c3F)cc(=O)c3ccccc32)CC1. The van der Waals surface area contributed by atoms with Crippen LogP contribution in [0.5, 0.6) is 0 Å². The first-order valence-corrected chi connectivity index (χ1v) is 16.8. The molecule has 256 valence electrons. The van der Waals surface area contributed by atoms with E-state index < -0.39 is 23.4 Å². The van der Waals surface area contributed by atoms with Crippen LogP contribution < -0.4 is 5.43 Å². The molecule has 0 spiro atoms. The molecule has 1 fully saturated rings. The average Bonchev–Trinajstić information content (AvgIpc) is 3.08. The molecule has 0 N–H and O–H groups in total. The zero-order valence-corrected chi connectivity index (χ0v) is 27.2. The molecule has 1 amide bonds. The van der Waals surface area contributed by atoms with Crippen molar-refractivity contribution in [1.82, 2.24) is 14.4 Å². The van der Waals surface area contributed by atoms with E-state index in [1.807, 2.05) is 21.6 Å². The summed E-state index contributed by atoms with van der Waals surface area (Å²) in [5.74, 6) is -1.91. The van der Waals surface area contributed by atoms with E-state index in [-0.39, 0.29) is 42.3 Å². The van der Waals surface area contributed by atoms with Crippen LogP contribution in [-0.4, -0.2) is 52.5 Å². The molecule has 1 aromatic heterocycles. The fraction of sp³-hybridized carbons (Fsp3) is 0.421. The lowest BCUT2D eigenvalue weighted by molar-refractivity contribution is -0.137. The van der Waals surface area contributed by atoms with Crippen LogP contribution in [0, 0.1) is 11.6 Å². The van der Waals surface area contributed by atoms with Crippen molar-refractivity contribution >= 4 is 16.8 Å². The van der Waals surface area contributed by atoms with Gasteiger partial charge in [-0.05, 0) is 92.9 Å². The quantitative estimate of drug-likeness (QED) is 0.108. The van der Waals surface area contributed by atoms with Gasteiger partial charge in [-0.15, -0.1) is 0 Å². The summed E-state index contributed by atoms with van der Waals surface area (Å²) in [5, 5.41) is 0.483. The number of aromatic nitrogens is 1. The number of likely N-dealkylation sites (tertiary alicyclic amines) is 1. The van der Waals surface area contributed by atoms with E-state index in [1.54, 1.807) is 12.1 Å². The van der Waals surface area contributed by atoms with E-state index in [0.717, 1.165) is 75.5 Å². The molecule has 48 heavy (non-hydrogen) atoms. The van der Waals surface area contributed by atoms with Crippen LogP contribution in [0.15, 0.2) is 77.6 Å². The maximum atomic E-state index is 14.5. The van der Waals surface area contributed by atoms with E-state index in [4.69, 9.17) is 0 Å². The van der Waals surface area contributed by atoms with Gasteiger partial charge in [0.2, 0.25) is 5.91 Å². The topological polar surface area (TPSA) is 45.5 Å². The Kier molecular flexibility index (Phi) is 11.7. The first-order chi connectivity index (χ1) is 23.0. The number of amides is 1. The van der Waals surface area contributed by atoms with Crippen molar-refractivity contribution in [1.29, 1.82) is 0 Å². The van der Waals surface area contributed by atoms with Crippen molar-refractivity contribution in [3.63, 3.8) is 0 Å². The molecule has 1 aliphatic heterocycles. The molecule has 5 rings (SSSR count). The van der Waals surface area contributed by atoms with Gasteiger partial charge >= 0.3 is 6.18 Å². The van der Waals surface area contributed by atoms with Crippen LogP contribution >= 0.6 is 0 Å². The minimum Gasteiger partial charge on any atom is -0.338 e. The number of fused-ring (bicyclic) bond motifs is 1. The third-order valence-corrected chi connectivity index (χ3v) is 9.49. The molecule has 1 saturated heterocycles. The Hall–Kier alpha value is -4.05. The van der Waals surface area contributed by atoms with Crippen molar-refractivity contribution < 1.29 is 26.7 Å². The fourth-order valence-electron chi connectivity index (χ4n) is 6.71. The molecular formula is C38H42F5N3O2. The number of benzene rings is 3. The third kappa shape index (κ3) is 8.69. The van der Waals surface area contributed by atoms with Gasteiger partial charge in [-0.2, -0.15) is 13.2 Å².